The Morgan fingerprint density at radius 2 is 1.74 bits per heavy atom. The third kappa shape index (κ3) is 4.97. The van der Waals surface area contributed by atoms with Crippen molar-refractivity contribution in [1.29, 1.82) is 0 Å². The fourth-order valence-electron chi connectivity index (χ4n) is 4.90. The molecular weight excluding hydrogens is 424 g/mol. The number of non-ortho nitro benzene ring substituents is 1. The number of benzene rings is 3. The molecule has 1 aliphatic carbocycles. The van der Waals surface area contributed by atoms with E-state index in [4.69, 9.17) is 0 Å². The SMILES string of the molecule is O=[N+]([O-])c1ccc2c(c1)/C(=C(/Nc1ccc(CNC3CCCCC3)cc1)c1ccccc1)CN2. The van der Waals surface area contributed by atoms with Crippen LogP contribution in [0.3, 0.4) is 0 Å². The lowest BCUT2D eigenvalue weighted by Crippen LogP contribution is -2.30. The number of rotatable bonds is 7. The van der Waals surface area contributed by atoms with Crippen molar-refractivity contribution >= 4 is 28.3 Å². The van der Waals surface area contributed by atoms with E-state index in [2.05, 4.69) is 52.3 Å². The van der Waals surface area contributed by atoms with E-state index in [0.29, 0.717) is 12.6 Å². The molecule has 0 amide bonds. The first-order valence-corrected chi connectivity index (χ1v) is 12.1. The van der Waals surface area contributed by atoms with Crippen molar-refractivity contribution in [3.8, 4) is 0 Å². The Kier molecular flexibility index (Phi) is 6.58. The topological polar surface area (TPSA) is 79.2 Å². The Morgan fingerprint density at radius 3 is 2.47 bits per heavy atom. The van der Waals surface area contributed by atoms with Gasteiger partial charge in [0.25, 0.3) is 5.69 Å². The Bertz CT molecular complexity index is 1180. The molecule has 0 bridgehead atoms. The smallest absolute Gasteiger partial charge is 0.270 e. The van der Waals surface area contributed by atoms with Crippen LogP contribution in [0, 0.1) is 10.1 Å². The van der Waals surface area contributed by atoms with Crippen molar-refractivity contribution in [3.05, 3.63) is 99.6 Å². The van der Waals surface area contributed by atoms with Gasteiger partial charge in [0.2, 0.25) is 0 Å². The highest BCUT2D eigenvalue weighted by Crippen LogP contribution is 2.38. The van der Waals surface area contributed by atoms with Crippen LogP contribution in [-0.2, 0) is 6.54 Å². The van der Waals surface area contributed by atoms with Crippen LogP contribution in [0.4, 0.5) is 17.1 Å². The van der Waals surface area contributed by atoms with E-state index >= 15 is 0 Å². The van der Waals surface area contributed by atoms with Gasteiger partial charge in [-0.25, -0.2) is 0 Å². The molecule has 0 spiro atoms. The first-order chi connectivity index (χ1) is 16.7. The maximum Gasteiger partial charge on any atom is 0.270 e. The van der Waals surface area contributed by atoms with E-state index in [1.54, 1.807) is 18.2 Å². The molecule has 1 heterocycles. The van der Waals surface area contributed by atoms with E-state index in [0.717, 1.165) is 40.3 Å². The second-order valence-electron chi connectivity index (χ2n) is 9.10. The van der Waals surface area contributed by atoms with Gasteiger partial charge in [0, 0.05) is 53.8 Å². The van der Waals surface area contributed by atoms with Crippen LogP contribution in [-0.4, -0.2) is 17.5 Å². The molecule has 2 aliphatic rings. The fourth-order valence-corrected chi connectivity index (χ4v) is 4.90. The Hall–Kier alpha value is -3.64. The average molecular weight is 455 g/mol. The van der Waals surface area contributed by atoms with Crippen molar-refractivity contribution in [2.45, 2.75) is 44.7 Å². The lowest BCUT2D eigenvalue weighted by atomic mass is 9.95. The van der Waals surface area contributed by atoms with Crippen LogP contribution < -0.4 is 16.0 Å². The van der Waals surface area contributed by atoms with Gasteiger partial charge < -0.3 is 16.0 Å². The summed E-state index contributed by atoms with van der Waals surface area (Å²) < 4.78 is 0. The Labute approximate surface area is 200 Å². The summed E-state index contributed by atoms with van der Waals surface area (Å²) in [5.41, 5.74) is 7.17. The molecule has 3 aromatic rings. The predicted molar refractivity (Wildman–Crippen MR) is 139 cm³/mol. The van der Waals surface area contributed by atoms with Crippen LogP contribution in [0.25, 0.3) is 11.3 Å². The third-order valence-corrected chi connectivity index (χ3v) is 6.78. The zero-order chi connectivity index (χ0) is 23.3. The molecule has 1 aliphatic heterocycles. The maximum absolute atomic E-state index is 11.4. The molecule has 6 nitrogen and oxygen atoms in total. The van der Waals surface area contributed by atoms with Crippen molar-refractivity contribution in [1.82, 2.24) is 5.32 Å². The second kappa shape index (κ2) is 10.1. The van der Waals surface area contributed by atoms with Gasteiger partial charge in [-0.3, -0.25) is 10.1 Å². The van der Waals surface area contributed by atoms with E-state index in [1.165, 1.54) is 37.7 Å². The standard InChI is InChI=1S/C28H30N4O2/c33-32(34)24-15-16-27-25(17-24)26(19-30-27)28(21-7-3-1-4-8-21)31-23-13-11-20(12-14-23)18-29-22-9-5-2-6-10-22/h1,3-4,7-8,11-17,22,29-31H,2,5-6,9-10,18-19H2/b28-26+. The zero-order valence-electron chi connectivity index (χ0n) is 19.2. The average Bonchev–Trinajstić information content (AvgIpc) is 3.31. The number of hydrogen-bond acceptors (Lipinski definition) is 5. The quantitative estimate of drug-likeness (QED) is 0.283. The molecule has 3 aromatic carbocycles. The highest BCUT2D eigenvalue weighted by molar-refractivity contribution is 6.02. The lowest BCUT2D eigenvalue weighted by Gasteiger charge is -2.23. The number of anilines is 2. The summed E-state index contributed by atoms with van der Waals surface area (Å²) in [6.07, 6.45) is 6.59. The molecule has 0 aromatic heterocycles. The zero-order valence-corrected chi connectivity index (χ0v) is 19.2. The van der Waals surface area contributed by atoms with Crippen LogP contribution in [0.5, 0.6) is 0 Å². The van der Waals surface area contributed by atoms with Crippen molar-refractivity contribution in [3.63, 3.8) is 0 Å². The van der Waals surface area contributed by atoms with Gasteiger partial charge in [0.15, 0.2) is 0 Å². The normalized spacial score (nSPS) is 17.1. The summed E-state index contributed by atoms with van der Waals surface area (Å²) in [6, 6.07) is 24.3. The van der Waals surface area contributed by atoms with E-state index in [-0.39, 0.29) is 10.6 Å². The fraction of sp³-hybridized carbons (Fsp3) is 0.286. The van der Waals surface area contributed by atoms with Gasteiger partial charge in [-0.1, -0.05) is 61.7 Å². The molecule has 0 atom stereocenters. The molecule has 5 rings (SSSR count). The number of fused-ring (bicyclic) bond motifs is 1. The molecular formula is C28H30N4O2. The Balaban J connectivity index is 1.40. The van der Waals surface area contributed by atoms with E-state index < -0.39 is 0 Å². The summed E-state index contributed by atoms with van der Waals surface area (Å²) in [7, 11) is 0. The summed E-state index contributed by atoms with van der Waals surface area (Å²) in [5.74, 6) is 0. The van der Waals surface area contributed by atoms with Crippen molar-refractivity contribution in [2.24, 2.45) is 0 Å². The molecule has 34 heavy (non-hydrogen) atoms. The Morgan fingerprint density at radius 1 is 0.971 bits per heavy atom. The minimum Gasteiger partial charge on any atom is -0.380 e. The summed E-state index contributed by atoms with van der Waals surface area (Å²) in [6.45, 7) is 1.50. The summed E-state index contributed by atoms with van der Waals surface area (Å²) in [4.78, 5) is 11.0. The van der Waals surface area contributed by atoms with Gasteiger partial charge in [-0.15, -0.1) is 0 Å². The third-order valence-electron chi connectivity index (χ3n) is 6.78. The number of nitrogens with zero attached hydrogens (tertiary/aromatic N) is 1. The van der Waals surface area contributed by atoms with E-state index in [1.807, 2.05) is 18.2 Å². The van der Waals surface area contributed by atoms with E-state index in [9.17, 15) is 10.1 Å². The van der Waals surface area contributed by atoms with Gasteiger partial charge in [0.1, 0.15) is 0 Å². The molecule has 0 saturated heterocycles. The minimum atomic E-state index is -0.341. The summed E-state index contributed by atoms with van der Waals surface area (Å²) in [5, 5.41) is 22.1. The first-order valence-electron chi connectivity index (χ1n) is 12.1. The molecule has 1 saturated carbocycles. The molecule has 0 radical (unpaired) electrons. The second-order valence-corrected chi connectivity index (χ2v) is 9.10. The number of hydrogen-bond donors (Lipinski definition) is 3. The van der Waals surface area contributed by atoms with Crippen LogP contribution >= 0.6 is 0 Å². The molecule has 0 unspecified atom stereocenters. The number of nitro benzene ring substituents is 1. The van der Waals surface area contributed by atoms with Gasteiger partial charge >= 0.3 is 0 Å². The van der Waals surface area contributed by atoms with Crippen LogP contribution in [0.1, 0.15) is 48.8 Å². The molecule has 3 N–H and O–H groups in total. The van der Waals surface area contributed by atoms with Gasteiger partial charge in [0.05, 0.1) is 10.6 Å². The number of nitro groups is 1. The molecule has 174 valence electrons. The lowest BCUT2D eigenvalue weighted by molar-refractivity contribution is -0.384. The maximum atomic E-state index is 11.4. The predicted octanol–water partition coefficient (Wildman–Crippen LogP) is 6.42. The minimum absolute atomic E-state index is 0.0992. The van der Waals surface area contributed by atoms with Crippen molar-refractivity contribution < 1.29 is 4.92 Å². The highest BCUT2D eigenvalue weighted by atomic mass is 16.6. The van der Waals surface area contributed by atoms with Crippen LogP contribution in [0.2, 0.25) is 0 Å². The van der Waals surface area contributed by atoms with Crippen LogP contribution in [0.15, 0.2) is 72.8 Å². The number of nitrogens with one attached hydrogen (secondary N) is 3. The molecule has 6 heteroatoms. The largest absolute Gasteiger partial charge is 0.380 e. The molecule has 1 fully saturated rings. The van der Waals surface area contributed by atoms with Gasteiger partial charge in [-0.2, -0.15) is 0 Å². The van der Waals surface area contributed by atoms with Gasteiger partial charge in [-0.05, 0) is 42.2 Å². The first kappa shape index (κ1) is 22.2. The highest BCUT2D eigenvalue weighted by Gasteiger charge is 2.23. The van der Waals surface area contributed by atoms with Crippen molar-refractivity contribution in [2.75, 3.05) is 17.2 Å². The monoisotopic (exact) mass is 454 g/mol. The summed E-state index contributed by atoms with van der Waals surface area (Å²) >= 11 is 0.